The number of alkyl halides is 3. The number of hydrogen-bond acceptors (Lipinski definition) is 4. The fraction of sp³-hybridized carbons (Fsp3) is 0.138. The molecule has 2 aromatic carbocycles. The Balaban J connectivity index is 1.51. The third-order valence-electron chi connectivity index (χ3n) is 6.14. The molecule has 0 aliphatic rings. The summed E-state index contributed by atoms with van der Waals surface area (Å²) in [7, 11) is 0. The molecule has 0 aliphatic heterocycles. The Kier molecular flexibility index (Phi) is 6.25. The van der Waals surface area contributed by atoms with Gasteiger partial charge in [-0.05, 0) is 79.1 Å². The van der Waals surface area contributed by atoms with Gasteiger partial charge in [0.1, 0.15) is 5.75 Å². The number of benzene rings is 2. The zero-order valence-electron chi connectivity index (χ0n) is 20.1. The molecule has 5 rings (SSSR count). The molecule has 0 amide bonds. The number of carbonyl (C=O) groups excluding carboxylic acids is 1. The molecular formula is C29H22F3N3O2. The Morgan fingerprint density at radius 2 is 1.81 bits per heavy atom. The molecule has 3 heterocycles. The van der Waals surface area contributed by atoms with E-state index in [9.17, 15) is 18.0 Å². The van der Waals surface area contributed by atoms with Crippen LogP contribution in [0.5, 0.6) is 11.6 Å². The first kappa shape index (κ1) is 24.2. The predicted molar refractivity (Wildman–Crippen MR) is 135 cm³/mol. The molecule has 0 fully saturated rings. The van der Waals surface area contributed by atoms with Crippen molar-refractivity contribution in [1.82, 2.24) is 14.5 Å². The highest BCUT2D eigenvalue weighted by Gasteiger charge is 2.31. The van der Waals surface area contributed by atoms with Gasteiger partial charge in [-0.25, -0.2) is 4.98 Å². The SMILES string of the molecule is CCc1cc(-c2cccnc2Oc2cc(C(=O)n3ccc4ccc(C(F)(F)F)cc43)ccc2C)ccn1. The van der Waals surface area contributed by atoms with Crippen molar-refractivity contribution in [2.24, 2.45) is 0 Å². The lowest BCUT2D eigenvalue weighted by Gasteiger charge is -2.14. The minimum absolute atomic E-state index is 0.180. The number of fused-ring (bicyclic) bond motifs is 1. The van der Waals surface area contributed by atoms with Gasteiger partial charge < -0.3 is 4.74 Å². The van der Waals surface area contributed by atoms with Crippen molar-refractivity contribution >= 4 is 16.8 Å². The summed E-state index contributed by atoms with van der Waals surface area (Å²) >= 11 is 0. The summed E-state index contributed by atoms with van der Waals surface area (Å²) < 4.78 is 47.2. The van der Waals surface area contributed by atoms with E-state index in [2.05, 4.69) is 9.97 Å². The summed E-state index contributed by atoms with van der Waals surface area (Å²) in [5.41, 5.74) is 3.01. The number of aromatic nitrogens is 3. The Hall–Kier alpha value is -4.46. The maximum absolute atomic E-state index is 13.4. The topological polar surface area (TPSA) is 57.0 Å². The van der Waals surface area contributed by atoms with E-state index in [0.29, 0.717) is 17.0 Å². The number of ether oxygens (including phenoxy) is 1. The van der Waals surface area contributed by atoms with Crippen LogP contribution in [0.25, 0.3) is 22.0 Å². The number of hydrogen-bond donors (Lipinski definition) is 0. The lowest BCUT2D eigenvalue weighted by atomic mass is 10.1. The van der Waals surface area contributed by atoms with Gasteiger partial charge in [-0.2, -0.15) is 13.2 Å². The fourth-order valence-electron chi connectivity index (χ4n) is 4.10. The van der Waals surface area contributed by atoms with Crippen LogP contribution in [-0.2, 0) is 12.6 Å². The van der Waals surface area contributed by atoms with Crippen LogP contribution in [0.2, 0.25) is 0 Å². The standard InChI is InChI=1S/C29H22F3N3O2/c1-3-23-15-20(10-13-33-23)24-5-4-12-34-27(24)37-26-16-21(7-6-18(26)2)28(36)35-14-11-19-8-9-22(17-25(19)35)29(30,31)32/h4-17H,3H2,1-2H3. The summed E-state index contributed by atoms with van der Waals surface area (Å²) in [6, 6.07) is 17.5. The number of aryl methyl sites for hydroxylation is 2. The minimum Gasteiger partial charge on any atom is -0.438 e. The molecule has 0 bridgehead atoms. The van der Waals surface area contributed by atoms with Crippen molar-refractivity contribution in [1.29, 1.82) is 0 Å². The highest BCUT2D eigenvalue weighted by Crippen LogP contribution is 2.34. The van der Waals surface area contributed by atoms with Gasteiger partial charge in [0.05, 0.1) is 11.1 Å². The number of carbonyl (C=O) groups is 1. The average molecular weight is 502 g/mol. The largest absolute Gasteiger partial charge is 0.438 e. The van der Waals surface area contributed by atoms with Crippen LogP contribution < -0.4 is 4.74 Å². The second-order valence-electron chi connectivity index (χ2n) is 8.59. The first-order valence-corrected chi connectivity index (χ1v) is 11.7. The summed E-state index contributed by atoms with van der Waals surface area (Å²) in [6.45, 7) is 3.87. The maximum atomic E-state index is 13.4. The van der Waals surface area contributed by atoms with E-state index in [1.165, 1.54) is 16.8 Å². The minimum atomic E-state index is -4.51. The Morgan fingerprint density at radius 1 is 0.973 bits per heavy atom. The highest BCUT2D eigenvalue weighted by atomic mass is 19.4. The van der Waals surface area contributed by atoms with E-state index >= 15 is 0 Å². The van der Waals surface area contributed by atoms with Gasteiger partial charge in [0.2, 0.25) is 5.88 Å². The quantitative estimate of drug-likeness (QED) is 0.251. The first-order valence-electron chi connectivity index (χ1n) is 11.7. The van der Waals surface area contributed by atoms with Crippen molar-refractivity contribution in [3.05, 3.63) is 108 Å². The van der Waals surface area contributed by atoms with Crippen molar-refractivity contribution in [3.8, 4) is 22.8 Å². The van der Waals surface area contributed by atoms with Crippen LogP contribution in [0.4, 0.5) is 13.2 Å². The molecule has 5 aromatic rings. The van der Waals surface area contributed by atoms with Gasteiger partial charge in [-0.3, -0.25) is 14.3 Å². The molecule has 8 heteroatoms. The number of halogens is 3. The van der Waals surface area contributed by atoms with Gasteiger partial charge in [0.15, 0.2) is 0 Å². The molecule has 0 spiro atoms. The molecule has 0 aliphatic carbocycles. The second kappa shape index (κ2) is 9.54. The molecule has 0 unspecified atom stereocenters. The normalized spacial score (nSPS) is 11.6. The summed E-state index contributed by atoms with van der Waals surface area (Å²) in [5.74, 6) is 0.315. The van der Waals surface area contributed by atoms with Gasteiger partial charge in [0.25, 0.3) is 5.91 Å². The monoisotopic (exact) mass is 501 g/mol. The number of pyridine rings is 2. The van der Waals surface area contributed by atoms with E-state index in [-0.39, 0.29) is 11.1 Å². The fourth-order valence-corrected chi connectivity index (χ4v) is 4.10. The second-order valence-corrected chi connectivity index (χ2v) is 8.59. The zero-order chi connectivity index (χ0) is 26.2. The third-order valence-corrected chi connectivity index (χ3v) is 6.14. The molecule has 37 heavy (non-hydrogen) atoms. The van der Waals surface area contributed by atoms with Crippen LogP contribution in [0.1, 0.15) is 34.1 Å². The highest BCUT2D eigenvalue weighted by molar-refractivity contribution is 6.02. The van der Waals surface area contributed by atoms with Crippen molar-refractivity contribution < 1.29 is 22.7 Å². The number of nitrogens with zero attached hydrogens (tertiary/aromatic N) is 3. The van der Waals surface area contributed by atoms with Gasteiger partial charge >= 0.3 is 6.18 Å². The third kappa shape index (κ3) is 4.82. The molecule has 0 N–H and O–H groups in total. The van der Waals surface area contributed by atoms with Crippen LogP contribution in [-0.4, -0.2) is 20.4 Å². The van der Waals surface area contributed by atoms with Crippen LogP contribution >= 0.6 is 0 Å². The average Bonchev–Trinajstić information content (AvgIpc) is 3.33. The Bertz CT molecular complexity index is 1620. The van der Waals surface area contributed by atoms with Gasteiger partial charge in [-0.15, -0.1) is 0 Å². The number of rotatable bonds is 5. The lowest BCUT2D eigenvalue weighted by molar-refractivity contribution is -0.137. The first-order chi connectivity index (χ1) is 17.7. The maximum Gasteiger partial charge on any atom is 0.416 e. The van der Waals surface area contributed by atoms with Crippen molar-refractivity contribution in [2.75, 3.05) is 0 Å². The predicted octanol–water partition coefficient (Wildman–Crippen LogP) is 7.47. The van der Waals surface area contributed by atoms with E-state index in [1.54, 1.807) is 36.7 Å². The summed E-state index contributed by atoms with van der Waals surface area (Å²) in [6.07, 6.45) is 1.10. The zero-order valence-corrected chi connectivity index (χ0v) is 20.1. The van der Waals surface area contributed by atoms with Crippen LogP contribution in [0.15, 0.2) is 85.3 Å². The van der Waals surface area contributed by atoms with E-state index in [1.807, 2.05) is 38.1 Å². The van der Waals surface area contributed by atoms with Crippen molar-refractivity contribution in [3.63, 3.8) is 0 Å². The van der Waals surface area contributed by atoms with Crippen LogP contribution in [0.3, 0.4) is 0 Å². The van der Waals surface area contributed by atoms with Gasteiger partial charge in [-0.1, -0.05) is 19.1 Å². The molecule has 0 saturated carbocycles. The molecular weight excluding hydrogens is 479 g/mol. The van der Waals surface area contributed by atoms with E-state index in [4.69, 9.17) is 4.74 Å². The summed E-state index contributed by atoms with van der Waals surface area (Å²) in [4.78, 5) is 22.1. The van der Waals surface area contributed by atoms with E-state index in [0.717, 1.165) is 40.9 Å². The van der Waals surface area contributed by atoms with Gasteiger partial charge in [0, 0.05) is 40.8 Å². The molecule has 0 saturated heterocycles. The smallest absolute Gasteiger partial charge is 0.416 e. The molecule has 0 radical (unpaired) electrons. The molecule has 3 aromatic heterocycles. The lowest BCUT2D eigenvalue weighted by Crippen LogP contribution is -2.12. The molecule has 0 atom stereocenters. The van der Waals surface area contributed by atoms with Crippen molar-refractivity contribution in [2.45, 2.75) is 26.4 Å². The molecule has 5 nitrogen and oxygen atoms in total. The van der Waals surface area contributed by atoms with Crippen LogP contribution in [0, 0.1) is 6.92 Å². The van der Waals surface area contributed by atoms with E-state index < -0.39 is 17.6 Å². The summed E-state index contributed by atoms with van der Waals surface area (Å²) in [5, 5.41) is 0.534. The Morgan fingerprint density at radius 3 is 2.59 bits per heavy atom. The Labute approximate surface area is 211 Å². The molecule has 186 valence electrons.